The molecule has 8 nitrogen and oxygen atoms in total. The molecule has 1 saturated carbocycles. The largest absolute Gasteiger partial charge is 0.390 e. The highest BCUT2D eigenvalue weighted by molar-refractivity contribution is 5.82. The summed E-state index contributed by atoms with van der Waals surface area (Å²) in [6.45, 7) is 4.23. The zero-order valence-electron chi connectivity index (χ0n) is 14.1. The molecule has 1 unspecified atom stereocenters. The number of aliphatic hydroxyl groups is 1. The van der Waals surface area contributed by atoms with Crippen molar-refractivity contribution in [2.45, 2.75) is 44.9 Å². The lowest BCUT2D eigenvalue weighted by molar-refractivity contribution is -0.133. The lowest BCUT2D eigenvalue weighted by atomic mass is 9.84. The van der Waals surface area contributed by atoms with Crippen LogP contribution in [0, 0.1) is 5.92 Å². The Morgan fingerprint density at radius 2 is 2.33 bits per heavy atom. The van der Waals surface area contributed by atoms with Crippen molar-refractivity contribution in [3.63, 3.8) is 0 Å². The predicted molar refractivity (Wildman–Crippen MR) is 87.1 cm³/mol. The minimum absolute atomic E-state index is 0.0589. The van der Waals surface area contributed by atoms with Gasteiger partial charge in [-0.3, -0.25) is 14.4 Å². The number of carbonyl (C=O) groups is 1. The van der Waals surface area contributed by atoms with Crippen LogP contribution in [-0.4, -0.2) is 69.8 Å². The maximum absolute atomic E-state index is 12.5. The molecule has 8 heteroatoms. The summed E-state index contributed by atoms with van der Waals surface area (Å²) >= 11 is 0. The zero-order valence-corrected chi connectivity index (χ0v) is 14.1. The second-order valence-electron chi connectivity index (χ2n) is 6.66. The number of nitrogens with zero attached hydrogens (tertiary/aromatic N) is 4. The van der Waals surface area contributed by atoms with Gasteiger partial charge >= 0.3 is 0 Å². The molecule has 0 radical (unpaired) electrons. The van der Waals surface area contributed by atoms with Gasteiger partial charge in [0.25, 0.3) is 0 Å². The van der Waals surface area contributed by atoms with Gasteiger partial charge in [0.1, 0.15) is 11.7 Å². The first-order valence-corrected chi connectivity index (χ1v) is 8.85. The van der Waals surface area contributed by atoms with Crippen LogP contribution < -0.4 is 5.32 Å². The van der Waals surface area contributed by atoms with Crippen LogP contribution in [0.15, 0.2) is 6.20 Å². The van der Waals surface area contributed by atoms with E-state index >= 15 is 0 Å². The first-order valence-electron chi connectivity index (χ1n) is 8.85. The molecule has 2 fully saturated rings. The smallest absolute Gasteiger partial charge is 0.239 e. The third-order valence-corrected chi connectivity index (χ3v) is 4.87. The average Bonchev–Trinajstić information content (AvgIpc) is 3.03. The van der Waals surface area contributed by atoms with Crippen molar-refractivity contribution < 1.29 is 14.6 Å². The molecule has 1 aromatic rings. The van der Waals surface area contributed by atoms with Crippen LogP contribution in [0.5, 0.6) is 0 Å². The van der Waals surface area contributed by atoms with Gasteiger partial charge in [-0.05, 0) is 25.2 Å². The molecule has 0 bridgehead atoms. The van der Waals surface area contributed by atoms with Gasteiger partial charge in [0.15, 0.2) is 0 Å². The molecule has 0 aromatic carbocycles. The number of hydrogen-bond donors (Lipinski definition) is 2. The molecule has 1 aliphatic carbocycles. The maximum atomic E-state index is 12.5. The number of hydrogen-bond acceptors (Lipinski definition) is 6. The first kappa shape index (κ1) is 17.3. The standard InChI is InChI=1S/C16H27N5O3/c22-11-14-10-21(19-18-14)6-2-5-17-16(23)15-12-24-8-7-20(15)9-13-3-1-4-13/h10,13,15,22H,1-9,11-12H2,(H,17,23). The fourth-order valence-electron chi connectivity index (χ4n) is 3.20. The third-order valence-electron chi connectivity index (χ3n) is 4.87. The summed E-state index contributed by atoms with van der Waals surface area (Å²) in [5, 5.41) is 19.7. The second-order valence-corrected chi connectivity index (χ2v) is 6.66. The van der Waals surface area contributed by atoms with E-state index < -0.39 is 0 Å². The number of aliphatic hydroxyl groups excluding tert-OH is 1. The topological polar surface area (TPSA) is 92.5 Å². The summed E-state index contributed by atoms with van der Waals surface area (Å²) in [5.41, 5.74) is 0.560. The van der Waals surface area contributed by atoms with Gasteiger partial charge in [-0.15, -0.1) is 5.10 Å². The molecule has 2 heterocycles. The molecule has 1 amide bonds. The van der Waals surface area contributed by atoms with Crippen LogP contribution in [0.1, 0.15) is 31.4 Å². The van der Waals surface area contributed by atoms with Crippen LogP contribution >= 0.6 is 0 Å². The van der Waals surface area contributed by atoms with Crippen LogP contribution in [0.25, 0.3) is 0 Å². The Bertz CT molecular complexity index is 532. The molecule has 1 aromatic heterocycles. The van der Waals surface area contributed by atoms with Gasteiger partial charge in [-0.25, -0.2) is 0 Å². The monoisotopic (exact) mass is 337 g/mol. The Labute approximate surface area is 142 Å². The number of morpholine rings is 1. The highest BCUT2D eigenvalue weighted by Gasteiger charge is 2.32. The van der Waals surface area contributed by atoms with Crippen molar-refractivity contribution in [1.29, 1.82) is 0 Å². The summed E-state index contributed by atoms with van der Waals surface area (Å²) in [6, 6.07) is -0.160. The Balaban J connectivity index is 1.39. The van der Waals surface area contributed by atoms with E-state index in [1.165, 1.54) is 19.3 Å². The molecule has 0 spiro atoms. The quantitative estimate of drug-likeness (QED) is 0.637. The zero-order chi connectivity index (χ0) is 16.8. The molecule has 134 valence electrons. The third kappa shape index (κ3) is 4.52. The number of aromatic nitrogens is 3. The van der Waals surface area contributed by atoms with Crippen molar-refractivity contribution in [1.82, 2.24) is 25.2 Å². The molecule has 1 saturated heterocycles. The molecule has 24 heavy (non-hydrogen) atoms. The van der Waals surface area contributed by atoms with E-state index in [4.69, 9.17) is 9.84 Å². The minimum atomic E-state index is -0.160. The Kier molecular flexibility index (Phi) is 6.17. The van der Waals surface area contributed by atoms with Gasteiger partial charge in [0.2, 0.25) is 5.91 Å². The van der Waals surface area contributed by atoms with Crippen molar-refractivity contribution in [3.8, 4) is 0 Å². The first-order chi connectivity index (χ1) is 11.8. The van der Waals surface area contributed by atoms with Crippen molar-refractivity contribution in [2.24, 2.45) is 5.92 Å². The molecule has 1 atom stereocenters. The molecular weight excluding hydrogens is 310 g/mol. The molecule has 2 aliphatic rings. The summed E-state index contributed by atoms with van der Waals surface area (Å²) < 4.78 is 7.19. The van der Waals surface area contributed by atoms with Crippen LogP contribution in [0.2, 0.25) is 0 Å². The second kappa shape index (κ2) is 8.55. The van der Waals surface area contributed by atoms with Gasteiger partial charge in [0, 0.05) is 26.2 Å². The predicted octanol–water partition coefficient (Wildman–Crippen LogP) is -0.222. The van der Waals surface area contributed by atoms with E-state index in [1.807, 2.05) is 0 Å². The highest BCUT2D eigenvalue weighted by Crippen LogP contribution is 2.28. The summed E-state index contributed by atoms with van der Waals surface area (Å²) in [4.78, 5) is 14.7. The van der Waals surface area contributed by atoms with Crippen molar-refractivity contribution >= 4 is 5.91 Å². The fourth-order valence-corrected chi connectivity index (χ4v) is 3.20. The number of aryl methyl sites for hydroxylation is 1. The van der Waals surface area contributed by atoms with Gasteiger partial charge in [0.05, 0.1) is 26.0 Å². The van der Waals surface area contributed by atoms with E-state index in [0.717, 1.165) is 32.0 Å². The number of rotatable bonds is 8. The SMILES string of the molecule is O=C(NCCCn1cc(CO)nn1)C1COCCN1CC1CCC1. The highest BCUT2D eigenvalue weighted by atomic mass is 16.5. The van der Waals surface area contributed by atoms with Gasteiger partial charge < -0.3 is 15.2 Å². The fraction of sp³-hybridized carbons (Fsp3) is 0.812. The summed E-state index contributed by atoms with van der Waals surface area (Å²) in [6.07, 6.45) is 6.40. The average molecular weight is 337 g/mol. The van der Waals surface area contributed by atoms with E-state index in [9.17, 15) is 4.79 Å². The number of carbonyl (C=O) groups excluding carboxylic acids is 1. The van der Waals surface area contributed by atoms with Crippen LogP contribution in [-0.2, 0) is 22.7 Å². The Hall–Kier alpha value is -1.51. The van der Waals surface area contributed by atoms with Crippen molar-refractivity contribution in [2.75, 3.05) is 32.8 Å². The normalized spacial score (nSPS) is 22.3. The van der Waals surface area contributed by atoms with Gasteiger partial charge in [-0.1, -0.05) is 11.6 Å². The number of amides is 1. The maximum Gasteiger partial charge on any atom is 0.239 e. The van der Waals surface area contributed by atoms with Crippen LogP contribution in [0.3, 0.4) is 0 Å². The van der Waals surface area contributed by atoms with E-state index in [0.29, 0.717) is 25.4 Å². The lowest BCUT2D eigenvalue weighted by Crippen LogP contribution is -2.55. The molecule has 3 rings (SSSR count). The number of nitrogens with one attached hydrogen (secondary N) is 1. The van der Waals surface area contributed by atoms with Gasteiger partial charge in [-0.2, -0.15) is 0 Å². The van der Waals surface area contributed by atoms with Crippen molar-refractivity contribution in [3.05, 3.63) is 11.9 Å². The molecular formula is C16H27N5O3. The van der Waals surface area contributed by atoms with E-state index in [2.05, 4.69) is 20.5 Å². The van der Waals surface area contributed by atoms with E-state index in [-0.39, 0.29) is 18.6 Å². The molecule has 1 aliphatic heterocycles. The molecule has 2 N–H and O–H groups in total. The summed E-state index contributed by atoms with van der Waals surface area (Å²) in [5.74, 6) is 0.815. The lowest BCUT2D eigenvalue weighted by Gasteiger charge is -2.39. The summed E-state index contributed by atoms with van der Waals surface area (Å²) in [7, 11) is 0. The van der Waals surface area contributed by atoms with E-state index in [1.54, 1.807) is 10.9 Å². The Morgan fingerprint density at radius 1 is 1.46 bits per heavy atom. The number of ether oxygens (including phenoxy) is 1. The Morgan fingerprint density at radius 3 is 3.04 bits per heavy atom. The van der Waals surface area contributed by atoms with Crippen LogP contribution in [0.4, 0.5) is 0 Å². The minimum Gasteiger partial charge on any atom is -0.390 e.